The Bertz CT molecular complexity index is 1090. The van der Waals surface area contributed by atoms with Crippen LogP contribution in [0.25, 0.3) is 0 Å². The number of rotatable bonds is 7. The predicted octanol–water partition coefficient (Wildman–Crippen LogP) is 4.98. The van der Waals surface area contributed by atoms with E-state index in [4.69, 9.17) is 12.2 Å². The number of thioether (sulfide) groups is 1. The highest BCUT2D eigenvalue weighted by molar-refractivity contribution is 7.98. The third kappa shape index (κ3) is 5.80. The van der Waals surface area contributed by atoms with E-state index < -0.39 is 11.0 Å². The van der Waals surface area contributed by atoms with Crippen LogP contribution in [0.2, 0.25) is 0 Å². The topological polar surface area (TPSA) is 96.3 Å². The third-order valence-electron chi connectivity index (χ3n) is 4.38. The molecule has 1 amide bonds. The molecule has 31 heavy (non-hydrogen) atoms. The van der Waals surface area contributed by atoms with Crippen LogP contribution in [-0.2, 0) is 4.79 Å². The molecule has 3 aromatic rings. The lowest BCUT2D eigenvalue weighted by Gasteiger charge is -2.21. The number of para-hydroxylation sites is 3. The van der Waals surface area contributed by atoms with Crippen molar-refractivity contribution >= 4 is 52.1 Å². The summed E-state index contributed by atoms with van der Waals surface area (Å²) in [7, 11) is 0. The number of carbonyl (C=O) groups excluding carboxylic acids is 1. The second-order valence-electron chi connectivity index (χ2n) is 6.41. The van der Waals surface area contributed by atoms with Crippen LogP contribution in [0.1, 0.15) is 11.6 Å². The molecule has 1 atom stereocenters. The van der Waals surface area contributed by atoms with Gasteiger partial charge in [-0.05, 0) is 42.2 Å². The maximum atomic E-state index is 13.2. The minimum Gasteiger partial charge on any atom is -0.347 e. The molecule has 0 fully saturated rings. The molecule has 0 aliphatic rings. The number of nitrogens with zero attached hydrogens (tertiary/aromatic N) is 1. The molecule has 3 N–H and O–H groups in total. The van der Waals surface area contributed by atoms with Crippen molar-refractivity contribution in [3.05, 3.63) is 94.5 Å². The lowest BCUT2D eigenvalue weighted by molar-refractivity contribution is -0.383. The Morgan fingerprint density at radius 1 is 0.935 bits per heavy atom. The molecular formula is C22H20N4O3S2. The van der Waals surface area contributed by atoms with E-state index in [0.717, 1.165) is 4.90 Å². The molecule has 7 nitrogen and oxygen atoms in total. The Labute approximate surface area is 189 Å². The molecule has 0 saturated heterocycles. The van der Waals surface area contributed by atoms with Crippen molar-refractivity contribution in [1.29, 1.82) is 0 Å². The summed E-state index contributed by atoms with van der Waals surface area (Å²) >= 11 is 6.89. The lowest BCUT2D eigenvalue weighted by atomic mass is 10.1. The summed E-state index contributed by atoms with van der Waals surface area (Å²) in [6.45, 7) is 0. The van der Waals surface area contributed by atoms with Crippen molar-refractivity contribution in [3.8, 4) is 0 Å². The number of thiocarbonyl (C=S) groups is 1. The van der Waals surface area contributed by atoms with E-state index in [1.807, 2.05) is 60.9 Å². The van der Waals surface area contributed by atoms with Gasteiger partial charge in [-0.15, -0.1) is 11.8 Å². The summed E-state index contributed by atoms with van der Waals surface area (Å²) in [4.78, 5) is 24.9. The number of anilines is 2. The molecule has 0 spiro atoms. The van der Waals surface area contributed by atoms with Gasteiger partial charge in [-0.2, -0.15) is 0 Å². The highest BCUT2D eigenvalue weighted by atomic mass is 32.2. The first-order valence-electron chi connectivity index (χ1n) is 9.29. The molecule has 0 radical (unpaired) electrons. The van der Waals surface area contributed by atoms with Gasteiger partial charge >= 0.3 is 0 Å². The molecule has 0 saturated carbocycles. The number of amides is 1. The number of carbonyl (C=O) groups is 1. The van der Waals surface area contributed by atoms with Crippen LogP contribution in [0.15, 0.2) is 83.8 Å². The summed E-state index contributed by atoms with van der Waals surface area (Å²) in [5, 5.41) is 20.1. The van der Waals surface area contributed by atoms with Crippen LogP contribution in [0.3, 0.4) is 0 Å². The quantitative estimate of drug-likeness (QED) is 0.201. The first kappa shape index (κ1) is 22.3. The summed E-state index contributed by atoms with van der Waals surface area (Å²) in [5.41, 5.74) is 1.53. The van der Waals surface area contributed by atoms with Crippen LogP contribution in [0.5, 0.6) is 0 Å². The second-order valence-corrected chi connectivity index (χ2v) is 7.66. The molecule has 3 rings (SSSR count). The average Bonchev–Trinajstić information content (AvgIpc) is 2.78. The predicted molar refractivity (Wildman–Crippen MR) is 128 cm³/mol. The van der Waals surface area contributed by atoms with Crippen molar-refractivity contribution < 1.29 is 9.72 Å². The molecule has 0 bridgehead atoms. The molecular weight excluding hydrogens is 432 g/mol. The van der Waals surface area contributed by atoms with Crippen molar-refractivity contribution in [1.82, 2.24) is 5.32 Å². The molecule has 0 heterocycles. The Hall–Kier alpha value is -3.43. The minimum absolute atomic E-state index is 0.0939. The number of hydrogen-bond donors (Lipinski definition) is 3. The highest BCUT2D eigenvalue weighted by Gasteiger charge is 2.23. The van der Waals surface area contributed by atoms with Crippen molar-refractivity contribution in [2.45, 2.75) is 10.9 Å². The highest BCUT2D eigenvalue weighted by Crippen LogP contribution is 2.27. The SMILES string of the molecule is CSc1ccccc1NC(=O)C(NC(=S)Nc1ccccc1[N+](=O)[O-])c1ccccc1. The van der Waals surface area contributed by atoms with Crippen LogP contribution >= 0.6 is 24.0 Å². The van der Waals surface area contributed by atoms with Gasteiger partial charge in [-0.25, -0.2) is 0 Å². The van der Waals surface area contributed by atoms with Gasteiger partial charge in [-0.3, -0.25) is 14.9 Å². The fourth-order valence-corrected chi connectivity index (χ4v) is 3.71. The normalized spacial score (nSPS) is 11.3. The molecule has 9 heteroatoms. The zero-order valence-corrected chi connectivity index (χ0v) is 18.2. The zero-order chi connectivity index (χ0) is 22.2. The molecule has 158 valence electrons. The largest absolute Gasteiger partial charge is 0.347 e. The summed E-state index contributed by atoms with van der Waals surface area (Å²) < 4.78 is 0. The number of hydrogen-bond acceptors (Lipinski definition) is 5. The van der Waals surface area contributed by atoms with Gasteiger partial charge in [0.05, 0.1) is 10.6 Å². The first-order valence-corrected chi connectivity index (χ1v) is 10.9. The molecule has 0 aliphatic carbocycles. The number of nitro benzene ring substituents is 1. The Morgan fingerprint density at radius 3 is 2.23 bits per heavy atom. The number of nitrogens with one attached hydrogen (secondary N) is 3. The maximum Gasteiger partial charge on any atom is 0.292 e. The molecule has 0 aliphatic heterocycles. The van der Waals surface area contributed by atoms with Crippen molar-refractivity contribution in [2.24, 2.45) is 0 Å². The van der Waals surface area contributed by atoms with Crippen LogP contribution in [-0.4, -0.2) is 22.2 Å². The molecule has 3 aromatic carbocycles. The first-order chi connectivity index (χ1) is 15.0. The molecule has 0 aromatic heterocycles. The summed E-state index contributed by atoms with van der Waals surface area (Å²) in [6.07, 6.45) is 1.93. The van der Waals surface area contributed by atoms with E-state index in [1.54, 1.807) is 18.2 Å². The van der Waals surface area contributed by atoms with E-state index in [2.05, 4.69) is 16.0 Å². The number of nitro groups is 1. The Morgan fingerprint density at radius 2 is 1.55 bits per heavy atom. The van der Waals surface area contributed by atoms with Gasteiger partial charge < -0.3 is 16.0 Å². The van der Waals surface area contributed by atoms with Gasteiger partial charge in [0.15, 0.2) is 5.11 Å². The van der Waals surface area contributed by atoms with Crippen molar-refractivity contribution in [3.63, 3.8) is 0 Å². The summed E-state index contributed by atoms with van der Waals surface area (Å²) in [6, 6.07) is 22.0. The van der Waals surface area contributed by atoms with Gasteiger partial charge in [-0.1, -0.05) is 54.6 Å². The molecule has 1 unspecified atom stereocenters. The van der Waals surface area contributed by atoms with Gasteiger partial charge in [0.1, 0.15) is 11.7 Å². The standard InChI is InChI=1S/C22H20N4O3S2/c1-31-19-14-8-6-12-17(19)23-21(27)20(15-9-3-2-4-10-15)25-22(30)24-16-11-5-7-13-18(16)26(28)29/h2-14,20H,1H3,(H,23,27)(H2,24,25,30). The average molecular weight is 453 g/mol. The van der Waals surface area contributed by atoms with E-state index in [9.17, 15) is 14.9 Å². The summed E-state index contributed by atoms with van der Waals surface area (Å²) in [5.74, 6) is -0.306. The van der Waals surface area contributed by atoms with Crippen molar-refractivity contribution in [2.75, 3.05) is 16.9 Å². The Kier molecular flexibility index (Phi) is 7.58. The third-order valence-corrected chi connectivity index (χ3v) is 5.40. The Balaban J connectivity index is 1.82. The lowest BCUT2D eigenvalue weighted by Crippen LogP contribution is -2.39. The van der Waals surface area contributed by atoms with Crippen LogP contribution < -0.4 is 16.0 Å². The minimum atomic E-state index is -0.807. The smallest absolute Gasteiger partial charge is 0.292 e. The van der Waals surface area contributed by atoms with Gasteiger partial charge in [0, 0.05) is 11.0 Å². The van der Waals surface area contributed by atoms with E-state index in [1.165, 1.54) is 17.8 Å². The maximum absolute atomic E-state index is 13.2. The van der Waals surface area contributed by atoms with E-state index >= 15 is 0 Å². The van der Waals surface area contributed by atoms with Gasteiger partial charge in [0.25, 0.3) is 11.6 Å². The fourth-order valence-electron chi connectivity index (χ4n) is 2.93. The van der Waals surface area contributed by atoms with E-state index in [-0.39, 0.29) is 22.4 Å². The van der Waals surface area contributed by atoms with Gasteiger partial charge in [0.2, 0.25) is 0 Å². The van der Waals surface area contributed by atoms with Crippen LogP contribution in [0, 0.1) is 10.1 Å². The fraction of sp³-hybridized carbons (Fsp3) is 0.0909. The monoisotopic (exact) mass is 452 g/mol. The number of benzene rings is 3. The van der Waals surface area contributed by atoms with Crippen LogP contribution in [0.4, 0.5) is 17.1 Å². The second kappa shape index (κ2) is 10.6. The zero-order valence-electron chi connectivity index (χ0n) is 16.6. The van der Waals surface area contributed by atoms with E-state index in [0.29, 0.717) is 11.3 Å².